The lowest BCUT2D eigenvalue weighted by Crippen LogP contribution is -2.21. The lowest BCUT2D eigenvalue weighted by molar-refractivity contribution is 0.611. The van der Waals surface area contributed by atoms with E-state index in [9.17, 15) is 0 Å². The number of nitrogens with one attached hydrogen (secondary N) is 1. The van der Waals surface area contributed by atoms with E-state index in [0.717, 1.165) is 0 Å². The Kier molecular flexibility index (Phi) is 0.801. The maximum Gasteiger partial charge on any atom is 0.0452 e. The van der Waals surface area contributed by atoms with Gasteiger partial charge in [0.25, 0.3) is 0 Å². The van der Waals surface area contributed by atoms with E-state index in [2.05, 4.69) is 10.9 Å². The van der Waals surface area contributed by atoms with Gasteiger partial charge in [-0.15, -0.1) is 0 Å². The third-order valence-corrected chi connectivity index (χ3v) is 0.727. The van der Waals surface area contributed by atoms with Gasteiger partial charge < -0.3 is 0 Å². The van der Waals surface area contributed by atoms with Crippen molar-refractivity contribution in [2.75, 3.05) is 0 Å². The molecule has 2 nitrogen and oxygen atoms in total. The molecule has 1 N–H and O–H groups in total. The highest BCUT2D eigenvalue weighted by molar-refractivity contribution is 4.93. The molecule has 0 aliphatic carbocycles. The van der Waals surface area contributed by atoms with Crippen LogP contribution in [0.1, 0.15) is 6.92 Å². The van der Waals surface area contributed by atoms with E-state index in [0.29, 0.717) is 6.04 Å². The first kappa shape index (κ1) is 3.68. The van der Waals surface area contributed by atoms with Crippen molar-refractivity contribution in [1.29, 1.82) is 0 Å². The van der Waals surface area contributed by atoms with Crippen molar-refractivity contribution in [2.45, 2.75) is 13.0 Å². The molecule has 1 atom stereocenters. The second kappa shape index (κ2) is 1.30. The van der Waals surface area contributed by atoms with E-state index in [1.165, 1.54) is 0 Å². The molecule has 1 radical (unpaired) electrons. The molecule has 0 aromatic carbocycles. The molecule has 0 spiro atoms. The summed E-state index contributed by atoms with van der Waals surface area (Å²) in [6.45, 7) is 2.05. The van der Waals surface area contributed by atoms with Crippen molar-refractivity contribution in [3.63, 3.8) is 0 Å². The summed E-state index contributed by atoms with van der Waals surface area (Å²) in [7, 11) is 0. The molecule has 0 aromatic heterocycles. The predicted octanol–water partition coefficient (Wildman–Crippen LogP) is 0.0112. The van der Waals surface area contributed by atoms with Gasteiger partial charge in [-0.3, -0.25) is 0 Å². The lowest BCUT2D eigenvalue weighted by atomic mass is 10.4. The average Bonchev–Trinajstić information content (AvgIpc) is 1.86. The van der Waals surface area contributed by atoms with Crippen molar-refractivity contribution < 1.29 is 0 Å². The second-order valence-corrected chi connectivity index (χ2v) is 1.39. The molecule has 6 heavy (non-hydrogen) atoms. The smallest absolute Gasteiger partial charge is 0.0452 e. The van der Waals surface area contributed by atoms with Gasteiger partial charge in [-0.05, 0) is 13.0 Å². The molecule has 1 heterocycles. The van der Waals surface area contributed by atoms with E-state index < -0.39 is 0 Å². The lowest BCUT2D eigenvalue weighted by Gasteiger charge is -1.92. The molecule has 1 unspecified atom stereocenters. The van der Waals surface area contributed by atoms with Gasteiger partial charge in [-0.25, -0.2) is 10.9 Å². The third kappa shape index (κ3) is 0.518. The first-order chi connectivity index (χ1) is 2.89. The Bertz CT molecular complexity index is 67.9. The second-order valence-electron chi connectivity index (χ2n) is 1.39. The predicted molar refractivity (Wildman–Crippen MR) is 23.9 cm³/mol. The maximum atomic E-state index is 3.73. The molecule has 0 fully saturated rings. The number of rotatable bonds is 0. The normalized spacial score (nSPS) is 30.5. The minimum atomic E-state index is 0.449. The van der Waals surface area contributed by atoms with Gasteiger partial charge in [0.15, 0.2) is 0 Å². The topological polar surface area (TPSA) is 26.1 Å². The summed E-state index contributed by atoms with van der Waals surface area (Å²) >= 11 is 0. The summed E-state index contributed by atoms with van der Waals surface area (Å²) in [5, 5.41) is 0. The van der Waals surface area contributed by atoms with Crippen LogP contribution in [0.3, 0.4) is 0 Å². The van der Waals surface area contributed by atoms with E-state index in [-0.39, 0.29) is 0 Å². The fourth-order valence-electron chi connectivity index (χ4n) is 0.376. The summed E-state index contributed by atoms with van der Waals surface area (Å²) in [5.41, 5.74) is 6.57. The summed E-state index contributed by atoms with van der Waals surface area (Å²) in [5.74, 6) is 0. The average molecular weight is 83.1 g/mol. The molecule has 2 heteroatoms. The molecular formula is C4H7N2. The summed E-state index contributed by atoms with van der Waals surface area (Å²) in [4.78, 5) is 0. The molecular weight excluding hydrogens is 76.1 g/mol. The van der Waals surface area contributed by atoms with Crippen molar-refractivity contribution in [3.05, 3.63) is 12.3 Å². The Morgan fingerprint density at radius 1 is 1.83 bits per heavy atom. The van der Waals surface area contributed by atoms with Crippen molar-refractivity contribution in [3.8, 4) is 0 Å². The van der Waals surface area contributed by atoms with Crippen LogP contribution in [0, 0.1) is 0 Å². The van der Waals surface area contributed by atoms with E-state index in [1.54, 1.807) is 6.20 Å². The van der Waals surface area contributed by atoms with Crippen molar-refractivity contribution >= 4 is 0 Å². The van der Waals surface area contributed by atoms with Crippen molar-refractivity contribution in [2.24, 2.45) is 0 Å². The van der Waals surface area contributed by atoms with Crippen LogP contribution in [0.2, 0.25) is 0 Å². The Labute approximate surface area is 37.2 Å². The molecule has 1 aliphatic heterocycles. The SMILES string of the molecule is CC1C=C[N]N1. The summed E-state index contributed by atoms with van der Waals surface area (Å²) in [6.07, 6.45) is 3.77. The van der Waals surface area contributed by atoms with Gasteiger partial charge in [0.2, 0.25) is 0 Å². The van der Waals surface area contributed by atoms with E-state index in [4.69, 9.17) is 0 Å². The first-order valence-corrected chi connectivity index (χ1v) is 2.01. The Morgan fingerprint density at radius 3 is 2.83 bits per heavy atom. The molecule has 0 saturated carbocycles. The largest absolute Gasteiger partial charge is 0.210 e. The molecule has 33 valence electrons. The zero-order valence-corrected chi connectivity index (χ0v) is 3.68. The van der Waals surface area contributed by atoms with Crippen LogP contribution in [-0.2, 0) is 0 Å². The Morgan fingerprint density at radius 2 is 2.67 bits per heavy atom. The van der Waals surface area contributed by atoms with Crippen LogP contribution in [-0.4, -0.2) is 6.04 Å². The third-order valence-electron chi connectivity index (χ3n) is 0.727. The molecule has 1 rings (SSSR count). The van der Waals surface area contributed by atoms with Gasteiger partial charge in [0.1, 0.15) is 0 Å². The highest BCUT2D eigenvalue weighted by Gasteiger charge is 1.97. The van der Waals surface area contributed by atoms with Gasteiger partial charge in [0, 0.05) is 12.2 Å². The number of hydrogen-bond acceptors (Lipinski definition) is 1. The van der Waals surface area contributed by atoms with Crippen LogP contribution in [0.25, 0.3) is 0 Å². The highest BCUT2D eigenvalue weighted by atomic mass is 15.4. The van der Waals surface area contributed by atoms with Gasteiger partial charge in [-0.2, -0.15) is 0 Å². The zero-order chi connectivity index (χ0) is 4.41. The highest BCUT2D eigenvalue weighted by Crippen LogP contribution is 1.86. The summed E-state index contributed by atoms with van der Waals surface area (Å²) < 4.78 is 0. The maximum absolute atomic E-state index is 3.73. The Hall–Kier alpha value is -0.500. The first-order valence-electron chi connectivity index (χ1n) is 2.01. The number of hydrogen-bond donors (Lipinski definition) is 1. The molecule has 0 bridgehead atoms. The van der Waals surface area contributed by atoms with Crippen LogP contribution in [0.5, 0.6) is 0 Å². The van der Waals surface area contributed by atoms with Gasteiger partial charge in [-0.1, -0.05) is 0 Å². The quantitative estimate of drug-likeness (QED) is 0.438. The van der Waals surface area contributed by atoms with Gasteiger partial charge in [0.05, 0.1) is 0 Å². The molecule has 0 aromatic rings. The molecule has 0 amide bonds. The molecule has 1 aliphatic rings. The Balaban J connectivity index is 2.38. The minimum Gasteiger partial charge on any atom is -0.210 e. The van der Waals surface area contributed by atoms with E-state index in [1.807, 2.05) is 13.0 Å². The van der Waals surface area contributed by atoms with E-state index >= 15 is 0 Å². The fourth-order valence-corrected chi connectivity index (χ4v) is 0.376. The minimum absolute atomic E-state index is 0.449. The molecule has 0 saturated heterocycles. The zero-order valence-electron chi connectivity index (χ0n) is 3.68. The van der Waals surface area contributed by atoms with Gasteiger partial charge >= 0.3 is 0 Å². The standard InChI is InChI=1S/C4H7N2/c1-4-2-3-5-6-4/h2-4,6H,1H3. The summed E-state index contributed by atoms with van der Waals surface area (Å²) in [6, 6.07) is 0.449. The fraction of sp³-hybridized carbons (Fsp3) is 0.500. The van der Waals surface area contributed by atoms with Crippen LogP contribution in [0.4, 0.5) is 0 Å². The van der Waals surface area contributed by atoms with Crippen LogP contribution < -0.4 is 10.9 Å². The van der Waals surface area contributed by atoms with Crippen LogP contribution in [0.15, 0.2) is 12.3 Å². The number of nitrogens with zero attached hydrogens (tertiary/aromatic N) is 1. The monoisotopic (exact) mass is 83.1 g/mol. The van der Waals surface area contributed by atoms with Crippen molar-refractivity contribution in [1.82, 2.24) is 10.9 Å². The van der Waals surface area contributed by atoms with Crippen LogP contribution >= 0.6 is 0 Å².